The molecule has 0 bridgehead atoms. The van der Waals surface area contributed by atoms with Crippen LogP contribution in [-0.2, 0) is 6.54 Å². The van der Waals surface area contributed by atoms with E-state index in [0.29, 0.717) is 0 Å². The molecule has 1 saturated carbocycles. The van der Waals surface area contributed by atoms with Crippen molar-refractivity contribution in [1.82, 2.24) is 29.4 Å². The summed E-state index contributed by atoms with van der Waals surface area (Å²) in [5, 5.41) is 4.85. The maximum Gasteiger partial charge on any atom is 0.254 e. The van der Waals surface area contributed by atoms with Gasteiger partial charge in [-0.05, 0) is 32.6 Å². The highest BCUT2D eigenvalue weighted by atomic mass is 15.4. The van der Waals surface area contributed by atoms with E-state index < -0.39 is 0 Å². The summed E-state index contributed by atoms with van der Waals surface area (Å²) < 4.78 is 1.96. The Balaban J connectivity index is 1.26. The van der Waals surface area contributed by atoms with Gasteiger partial charge in [0, 0.05) is 57.1 Å². The van der Waals surface area contributed by atoms with Crippen molar-refractivity contribution in [2.75, 3.05) is 44.2 Å². The number of hydrogen-bond acceptors (Lipinski definition) is 6. The zero-order valence-corrected chi connectivity index (χ0v) is 17.2. The Hall–Kier alpha value is -1.73. The van der Waals surface area contributed by atoms with Crippen LogP contribution in [0.1, 0.15) is 56.5 Å². The molecule has 0 amide bonds. The molecule has 0 spiro atoms. The van der Waals surface area contributed by atoms with Crippen LogP contribution in [-0.4, -0.2) is 74.7 Å². The average molecular weight is 384 g/mol. The average Bonchev–Trinajstić information content (AvgIpc) is 3.38. The van der Waals surface area contributed by atoms with Crippen molar-refractivity contribution in [3.05, 3.63) is 17.6 Å². The summed E-state index contributed by atoms with van der Waals surface area (Å²) in [6.07, 6.45) is 9.59. The first kappa shape index (κ1) is 18.3. The summed E-state index contributed by atoms with van der Waals surface area (Å²) in [4.78, 5) is 17.1. The molecule has 0 aromatic carbocycles. The Morgan fingerprint density at radius 3 is 2.39 bits per heavy atom. The molecule has 5 rings (SSSR count). The first-order valence-electron chi connectivity index (χ1n) is 11.2. The molecule has 2 aliphatic heterocycles. The third-order valence-corrected chi connectivity index (χ3v) is 6.76. The summed E-state index contributed by atoms with van der Waals surface area (Å²) in [7, 11) is 0. The highest BCUT2D eigenvalue weighted by molar-refractivity contribution is 5.48. The second-order valence-electron chi connectivity index (χ2n) is 8.79. The standard InChI is InChI=1S/C21H33N7/c1-17-15-20(27-9-5-6-10-27)28-21(22-17)23-19(24-28)16-25-11-13-26(14-12-25)18-7-3-2-4-8-18/h15,18H,2-14,16H2,1H3. The first-order valence-corrected chi connectivity index (χ1v) is 11.2. The lowest BCUT2D eigenvalue weighted by Crippen LogP contribution is -2.50. The monoisotopic (exact) mass is 383 g/mol. The summed E-state index contributed by atoms with van der Waals surface area (Å²) >= 11 is 0. The largest absolute Gasteiger partial charge is 0.356 e. The van der Waals surface area contributed by atoms with E-state index in [-0.39, 0.29) is 0 Å². The van der Waals surface area contributed by atoms with Crippen LogP contribution in [0.3, 0.4) is 0 Å². The SMILES string of the molecule is Cc1cc(N2CCCC2)n2nc(CN3CCN(C4CCCCC4)CC3)nc2n1. The zero-order chi connectivity index (χ0) is 18.9. The van der Waals surface area contributed by atoms with Crippen molar-refractivity contribution in [3.8, 4) is 0 Å². The highest BCUT2D eigenvalue weighted by Gasteiger charge is 2.26. The van der Waals surface area contributed by atoms with Gasteiger partial charge in [-0.2, -0.15) is 9.50 Å². The second-order valence-corrected chi connectivity index (χ2v) is 8.79. The van der Waals surface area contributed by atoms with E-state index in [9.17, 15) is 0 Å². The topological polar surface area (TPSA) is 52.8 Å². The molecule has 2 aromatic rings. The fraction of sp³-hybridized carbons (Fsp3) is 0.762. The van der Waals surface area contributed by atoms with Crippen LogP contribution in [0.15, 0.2) is 6.07 Å². The fourth-order valence-corrected chi connectivity index (χ4v) is 5.18. The number of hydrogen-bond donors (Lipinski definition) is 0. The first-order chi connectivity index (χ1) is 13.8. The minimum Gasteiger partial charge on any atom is -0.356 e. The normalized spacial score (nSPS) is 23.1. The van der Waals surface area contributed by atoms with Gasteiger partial charge in [-0.1, -0.05) is 19.3 Å². The van der Waals surface area contributed by atoms with Gasteiger partial charge < -0.3 is 4.90 Å². The van der Waals surface area contributed by atoms with Gasteiger partial charge in [0.05, 0.1) is 6.54 Å². The molecule has 152 valence electrons. The Labute approximate surface area is 167 Å². The molecule has 3 aliphatic rings. The third-order valence-electron chi connectivity index (χ3n) is 6.76. The van der Waals surface area contributed by atoms with Crippen molar-refractivity contribution < 1.29 is 0 Å². The van der Waals surface area contributed by atoms with Crippen molar-refractivity contribution >= 4 is 11.6 Å². The molecule has 28 heavy (non-hydrogen) atoms. The molecule has 2 saturated heterocycles. The van der Waals surface area contributed by atoms with E-state index in [0.717, 1.165) is 61.9 Å². The van der Waals surface area contributed by atoms with Gasteiger partial charge >= 0.3 is 0 Å². The van der Waals surface area contributed by atoms with Crippen LogP contribution in [0.5, 0.6) is 0 Å². The van der Waals surface area contributed by atoms with E-state index in [2.05, 4.69) is 32.7 Å². The molecule has 0 atom stereocenters. The van der Waals surface area contributed by atoms with Crippen LogP contribution in [0.4, 0.5) is 5.82 Å². The maximum atomic E-state index is 4.85. The predicted molar refractivity (Wildman–Crippen MR) is 111 cm³/mol. The fourth-order valence-electron chi connectivity index (χ4n) is 5.18. The van der Waals surface area contributed by atoms with Gasteiger partial charge in [-0.15, -0.1) is 5.10 Å². The van der Waals surface area contributed by atoms with Crippen LogP contribution in [0.2, 0.25) is 0 Å². The lowest BCUT2D eigenvalue weighted by atomic mass is 9.94. The number of piperazine rings is 1. The summed E-state index contributed by atoms with van der Waals surface area (Å²) in [6.45, 7) is 9.73. The number of fused-ring (bicyclic) bond motifs is 1. The molecular formula is C21H33N7. The molecule has 1 aliphatic carbocycles. The quantitative estimate of drug-likeness (QED) is 0.809. The predicted octanol–water partition coefficient (Wildman–Crippen LogP) is 2.48. The summed E-state index contributed by atoms with van der Waals surface area (Å²) in [5.74, 6) is 2.81. The molecule has 2 aromatic heterocycles. The molecule has 0 radical (unpaired) electrons. The molecule has 0 unspecified atom stereocenters. The number of aryl methyl sites for hydroxylation is 1. The molecule has 3 fully saturated rings. The minimum atomic E-state index is 0.748. The van der Waals surface area contributed by atoms with E-state index in [4.69, 9.17) is 10.1 Å². The Kier molecular flexibility index (Phi) is 5.20. The molecule has 4 heterocycles. The van der Waals surface area contributed by atoms with Crippen molar-refractivity contribution in [3.63, 3.8) is 0 Å². The number of aromatic nitrogens is 4. The van der Waals surface area contributed by atoms with Gasteiger partial charge in [-0.25, -0.2) is 4.98 Å². The number of nitrogens with zero attached hydrogens (tertiary/aromatic N) is 7. The van der Waals surface area contributed by atoms with E-state index in [1.54, 1.807) is 0 Å². The van der Waals surface area contributed by atoms with Crippen molar-refractivity contribution in [1.29, 1.82) is 0 Å². The maximum absolute atomic E-state index is 4.85. The van der Waals surface area contributed by atoms with E-state index in [1.807, 2.05) is 4.52 Å². The number of rotatable bonds is 4. The van der Waals surface area contributed by atoms with Crippen LogP contribution < -0.4 is 4.90 Å². The Bertz CT molecular complexity index is 796. The number of anilines is 1. The minimum absolute atomic E-state index is 0.748. The van der Waals surface area contributed by atoms with Gasteiger partial charge in [0.25, 0.3) is 5.78 Å². The molecular weight excluding hydrogens is 350 g/mol. The van der Waals surface area contributed by atoms with Crippen LogP contribution in [0.25, 0.3) is 5.78 Å². The lowest BCUT2D eigenvalue weighted by Gasteiger charge is -2.40. The van der Waals surface area contributed by atoms with Gasteiger partial charge in [0.2, 0.25) is 0 Å². The van der Waals surface area contributed by atoms with E-state index in [1.165, 1.54) is 58.0 Å². The summed E-state index contributed by atoms with van der Waals surface area (Å²) in [5.41, 5.74) is 1.02. The molecule has 7 heteroatoms. The Morgan fingerprint density at radius 1 is 0.893 bits per heavy atom. The highest BCUT2D eigenvalue weighted by Crippen LogP contribution is 2.24. The molecule has 0 N–H and O–H groups in total. The zero-order valence-electron chi connectivity index (χ0n) is 17.2. The van der Waals surface area contributed by atoms with Crippen molar-refractivity contribution in [2.24, 2.45) is 0 Å². The molecule has 7 nitrogen and oxygen atoms in total. The second kappa shape index (κ2) is 7.95. The van der Waals surface area contributed by atoms with Gasteiger partial charge in [0.15, 0.2) is 5.82 Å². The third kappa shape index (κ3) is 3.74. The van der Waals surface area contributed by atoms with Crippen molar-refractivity contribution in [2.45, 2.75) is 64.5 Å². The van der Waals surface area contributed by atoms with E-state index >= 15 is 0 Å². The summed E-state index contributed by atoms with van der Waals surface area (Å²) in [6, 6.07) is 2.99. The Morgan fingerprint density at radius 2 is 1.64 bits per heavy atom. The lowest BCUT2D eigenvalue weighted by molar-refractivity contribution is 0.0743. The van der Waals surface area contributed by atoms with Gasteiger partial charge in [-0.3, -0.25) is 9.80 Å². The van der Waals surface area contributed by atoms with Crippen LogP contribution in [0, 0.1) is 6.92 Å². The smallest absolute Gasteiger partial charge is 0.254 e. The van der Waals surface area contributed by atoms with Crippen LogP contribution >= 0.6 is 0 Å². The van der Waals surface area contributed by atoms with Gasteiger partial charge in [0.1, 0.15) is 5.82 Å².